The van der Waals surface area contributed by atoms with Gasteiger partial charge in [-0.25, -0.2) is 0 Å². The lowest BCUT2D eigenvalue weighted by Gasteiger charge is -2.09. The van der Waals surface area contributed by atoms with Gasteiger partial charge < -0.3 is 5.32 Å². The van der Waals surface area contributed by atoms with E-state index in [0.29, 0.717) is 18.1 Å². The Kier molecular flexibility index (Phi) is 6.26. The molecule has 1 aromatic carbocycles. The van der Waals surface area contributed by atoms with Crippen LogP contribution in [0, 0.1) is 0 Å². The van der Waals surface area contributed by atoms with Crippen LogP contribution in [0.1, 0.15) is 11.3 Å². The Bertz CT molecular complexity index is 638. The summed E-state index contributed by atoms with van der Waals surface area (Å²) in [5.41, 5.74) is 5.67. The first-order valence-corrected chi connectivity index (χ1v) is 7.37. The number of pyridine rings is 1. The van der Waals surface area contributed by atoms with Crippen molar-refractivity contribution in [1.29, 1.82) is 0 Å². The lowest BCUT2D eigenvalue weighted by Crippen LogP contribution is -2.33. The van der Waals surface area contributed by atoms with Gasteiger partial charge in [0.05, 0.1) is 11.4 Å². The van der Waals surface area contributed by atoms with Gasteiger partial charge in [0.1, 0.15) is 0 Å². The van der Waals surface area contributed by atoms with Crippen LogP contribution in [-0.2, 0) is 6.42 Å². The van der Waals surface area contributed by atoms with Crippen LogP contribution in [0.5, 0.6) is 0 Å². The highest BCUT2D eigenvalue weighted by Gasteiger charge is 2.06. The van der Waals surface area contributed by atoms with Crippen molar-refractivity contribution in [3.63, 3.8) is 0 Å². The Hall–Kier alpha value is -2.53. The molecule has 4 nitrogen and oxygen atoms in total. The number of hydrogen-bond donors (Lipinski definition) is 2. The van der Waals surface area contributed by atoms with E-state index >= 15 is 0 Å². The number of hydrazone groups is 1. The lowest BCUT2D eigenvalue weighted by atomic mass is 10.1. The fraction of sp³-hybridized carbons (Fsp3) is 0.118. The fourth-order valence-corrected chi connectivity index (χ4v) is 1.96. The molecule has 0 aliphatic carbocycles. The summed E-state index contributed by atoms with van der Waals surface area (Å²) in [5, 5.41) is 7.85. The number of aromatic nitrogens is 1. The second-order valence-corrected chi connectivity index (χ2v) is 4.95. The molecule has 1 aromatic heterocycles. The first-order valence-electron chi connectivity index (χ1n) is 6.96. The summed E-state index contributed by atoms with van der Waals surface area (Å²) >= 11 is 5.15. The van der Waals surface area contributed by atoms with E-state index < -0.39 is 0 Å². The maximum absolute atomic E-state index is 5.15. The molecule has 5 heteroatoms. The Balaban J connectivity index is 2.15. The van der Waals surface area contributed by atoms with E-state index in [1.807, 2.05) is 36.4 Å². The Morgan fingerprint density at radius 3 is 2.64 bits per heavy atom. The van der Waals surface area contributed by atoms with Gasteiger partial charge in [-0.2, -0.15) is 5.10 Å². The zero-order chi connectivity index (χ0) is 15.6. The van der Waals surface area contributed by atoms with Crippen molar-refractivity contribution in [3.8, 4) is 0 Å². The number of rotatable bonds is 6. The molecule has 0 aliphatic rings. The summed E-state index contributed by atoms with van der Waals surface area (Å²) in [6, 6.07) is 15.9. The molecule has 0 aliphatic heterocycles. The molecule has 2 rings (SSSR count). The van der Waals surface area contributed by atoms with Crippen molar-refractivity contribution in [2.75, 3.05) is 6.54 Å². The van der Waals surface area contributed by atoms with Crippen molar-refractivity contribution in [2.45, 2.75) is 6.42 Å². The monoisotopic (exact) mass is 310 g/mol. The van der Waals surface area contributed by atoms with E-state index in [1.54, 1.807) is 12.3 Å². The summed E-state index contributed by atoms with van der Waals surface area (Å²) < 4.78 is 0. The van der Waals surface area contributed by atoms with E-state index in [-0.39, 0.29) is 0 Å². The van der Waals surface area contributed by atoms with E-state index in [1.165, 1.54) is 5.56 Å². The molecule has 2 N–H and O–H groups in total. The summed E-state index contributed by atoms with van der Waals surface area (Å²) in [5.74, 6) is 0. The maximum Gasteiger partial charge on any atom is 0.187 e. The van der Waals surface area contributed by atoms with Crippen LogP contribution in [0.25, 0.3) is 0 Å². The highest BCUT2D eigenvalue weighted by atomic mass is 32.1. The van der Waals surface area contributed by atoms with Gasteiger partial charge in [-0.05, 0) is 29.9 Å². The Morgan fingerprint density at radius 2 is 1.95 bits per heavy atom. The second-order valence-electron chi connectivity index (χ2n) is 4.55. The van der Waals surface area contributed by atoms with Gasteiger partial charge in [-0.3, -0.25) is 10.4 Å². The average molecular weight is 310 g/mol. The number of nitrogens with zero attached hydrogens (tertiary/aromatic N) is 2. The SMILES string of the molecule is C=CCNC(=S)N/N=C(\Cc1ccccc1)c1ccccn1. The topological polar surface area (TPSA) is 49.3 Å². The number of thiocarbonyl (C=S) groups is 1. The van der Waals surface area contributed by atoms with Crippen LogP contribution in [0.2, 0.25) is 0 Å². The van der Waals surface area contributed by atoms with Gasteiger partial charge in [0.2, 0.25) is 0 Å². The highest BCUT2D eigenvalue weighted by molar-refractivity contribution is 7.80. The standard InChI is InChI=1S/C17H18N4S/c1-2-11-19-17(22)21-20-16(15-10-6-7-12-18-15)13-14-8-4-3-5-9-14/h2-10,12H,1,11,13H2,(H2,19,21,22)/b20-16+. The number of hydrogen-bond acceptors (Lipinski definition) is 3. The van der Waals surface area contributed by atoms with Crippen LogP contribution in [0.4, 0.5) is 0 Å². The molecule has 0 saturated heterocycles. The third kappa shape index (κ3) is 5.10. The summed E-state index contributed by atoms with van der Waals surface area (Å²) in [6.07, 6.45) is 4.17. The molecule has 112 valence electrons. The molecule has 0 amide bonds. The average Bonchev–Trinajstić information content (AvgIpc) is 2.58. The van der Waals surface area contributed by atoms with Gasteiger partial charge >= 0.3 is 0 Å². The smallest absolute Gasteiger partial charge is 0.187 e. The first-order chi connectivity index (χ1) is 10.8. The van der Waals surface area contributed by atoms with Crippen LogP contribution in [-0.4, -0.2) is 22.4 Å². The number of benzene rings is 1. The zero-order valence-corrected chi connectivity index (χ0v) is 13.0. The molecule has 1 heterocycles. The normalized spacial score (nSPS) is 10.8. The fourth-order valence-electron chi connectivity index (χ4n) is 1.83. The van der Waals surface area contributed by atoms with E-state index in [9.17, 15) is 0 Å². The Labute approximate surface area is 136 Å². The quantitative estimate of drug-likeness (QED) is 0.373. The molecular weight excluding hydrogens is 292 g/mol. The predicted octanol–water partition coefficient (Wildman–Crippen LogP) is 2.68. The van der Waals surface area contributed by atoms with E-state index in [2.05, 4.69) is 39.5 Å². The molecule has 0 spiro atoms. The third-order valence-electron chi connectivity index (χ3n) is 2.87. The van der Waals surface area contributed by atoms with Crippen molar-refractivity contribution in [2.24, 2.45) is 5.10 Å². The van der Waals surface area contributed by atoms with Crippen molar-refractivity contribution in [1.82, 2.24) is 15.7 Å². The minimum absolute atomic E-state index is 0.460. The van der Waals surface area contributed by atoms with Gasteiger partial charge in [0, 0.05) is 19.2 Å². The maximum atomic E-state index is 5.15. The van der Waals surface area contributed by atoms with Crippen molar-refractivity contribution >= 4 is 23.0 Å². The second kappa shape index (κ2) is 8.69. The molecule has 0 fully saturated rings. The molecule has 0 radical (unpaired) electrons. The van der Waals surface area contributed by atoms with Crippen LogP contribution in [0.3, 0.4) is 0 Å². The third-order valence-corrected chi connectivity index (χ3v) is 3.11. The molecule has 0 bridgehead atoms. The van der Waals surface area contributed by atoms with E-state index in [0.717, 1.165) is 11.4 Å². The van der Waals surface area contributed by atoms with Gasteiger partial charge in [0.25, 0.3) is 0 Å². The number of nitrogens with one attached hydrogen (secondary N) is 2. The zero-order valence-electron chi connectivity index (χ0n) is 12.2. The first kappa shape index (κ1) is 15.9. The minimum atomic E-state index is 0.460. The lowest BCUT2D eigenvalue weighted by molar-refractivity contribution is 0.930. The molecule has 0 unspecified atom stereocenters. The molecule has 0 atom stereocenters. The molecular formula is C17H18N4S. The van der Waals surface area contributed by atoms with Crippen molar-refractivity contribution < 1.29 is 0 Å². The molecule has 22 heavy (non-hydrogen) atoms. The highest BCUT2D eigenvalue weighted by Crippen LogP contribution is 2.06. The van der Waals surface area contributed by atoms with Gasteiger partial charge in [0.15, 0.2) is 5.11 Å². The minimum Gasteiger partial charge on any atom is -0.358 e. The molecule has 0 saturated carbocycles. The van der Waals surface area contributed by atoms with E-state index in [4.69, 9.17) is 12.2 Å². The van der Waals surface area contributed by atoms with Crippen LogP contribution >= 0.6 is 12.2 Å². The molecule has 2 aromatic rings. The largest absolute Gasteiger partial charge is 0.358 e. The Morgan fingerprint density at radius 1 is 1.18 bits per heavy atom. The van der Waals surface area contributed by atoms with Crippen LogP contribution in [0.15, 0.2) is 72.5 Å². The predicted molar refractivity (Wildman–Crippen MR) is 94.9 cm³/mol. The van der Waals surface area contributed by atoms with Gasteiger partial charge in [-0.15, -0.1) is 6.58 Å². The summed E-state index contributed by atoms with van der Waals surface area (Å²) in [4.78, 5) is 4.36. The van der Waals surface area contributed by atoms with Crippen LogP contribution < -0.4 is 10.7 Å². The van der Waals surface area contributed by atoms with Gasteiger partial charge in [-0.1, -0.05) is 42.5 Å². The van der Waals surface area contributed by atoms with Crippen molar-refractivity contribution in [3.05, 3.63) is 78.6 Å². The summed E-state index contributed by atoms with van der Waals surface area (Å²) in [6.45, 7) is 4.23. The summed E-state index contributed by atoms with van der Waals surface area (Å²) in [7, 11) is 0.